The van der Waals surface area contributed by atoms with Crippen LogP contribution in [0.2, 0.25) is 0 Å². The van der Waals surface area contributed by atoms with Crippen LogP contribution in [0, 0.1) is 23.2 Å². The van der Waals surface area contributed by atoms with E-state index in [1.54, 1.807) is 0 Å². The van der Waals surface area contributed by atoms with E-state index < -0.39 is 0 Å². The predicted molar refractivity (Wildman–Crippen MR) is 133 cm³/mol. The fraction of sp³-hybridized carbons (Fsp3) is 0.583. The Hall–Kier alpha value is -2.06. The molecule has 32 heavy (non-hydrogen) atoms. The lowest BCUT2D eigenvalue weighted by molar-refractivity contribution is -0.128. The highest BCUT2D eigenvalue weighted by Crippen LogP contribution is 2.61. The van der Waals surface area contributed by atoms with Gasteiger partial charge in [-0.05, 0) is 98.5 Å². The number of benzene rings is 1. The normalized spacial score (nSPS) is 28.0. The Kier molecular flexibility index (Phi) is 5.92. The van der Waals surface area contributed by atoms with Crippen molar-refractivity contribution in [2.24, 2.45) is 23.2 Å². The number of carbonyl (C=O) groups is 2. The summed E-state index contributed by atoms with van der Waals surface area (Å²) in [6.07, 6.45) is 9.66. The van der Waals surface area contributed by atoms with Crippen LogP contribution in [0.25, 0.3) is 10.2 Å². The standard InChI is InChI=1S/C24H30N4O2S2/c1-2-3-20(29)28-23-26-18-5-4-17(9-19(18)32-23)25-22(31)27-21(30)13-24-10-14-6-15(11-24)8-16(7-14)12-24/h4-5,9,14-16H,2-3,6-8,10-13H2,1H3,(H,26,28,29)(H2,25,27,30,31). The molecule has 0 unspecified atom stereocenters. The number of amides is 2. The molecule has 1 aromatic heterocycles. The van der Waals surface area contributed by atoms with Crippen molar-refractivity contribution < 1.29 is 9.59 Å². The van der Waals surface area contributed by atoms with Crippen molar-refractivity contribution in [3.05, 3.63) is 18.2 Å². The maximum Gasteiger partial charge on any atom is 0.226 e. The molecule has 4 saturated carbocycles. The van der Waals surface area contributed by atoms with E-state index in [1.165, 1.54) is 49.9 Å². The Labute approximate surface area is 197 Å². The van der Waals surface area contributed by atoms with Crippen molar-refractivity contribution >= 4 is 61.5 Å². The van der Waals surface area contributed by atoms with E-state index in [-0.39, 0.29) is 17.2 Å². The van der Waals surface area contributed by atoms with Gasteiger partial charge in [-0.15, -0.1) is 0 Å². The summed E-state index contributed by atoms with van der Waals surface area (Å²) in [5, 5.41) is 9.82. The molecule has 0 aliphatic heterocycles. The van der Waals surface area contributed by atoms with Crippen molar-refractivity contribution in [1.29, 1.82) is 0 Å². The van der Waals surface area contributed by atoms with E-state index in [1.807, 2.05) is 25.1 Å². The van der Waals surface area contributed by atoms with Crippen LogP contribution in [-0.4, -0.2) is 21.9 Å². The number of rotatable bonds is 6. The highest BCUT2D eigenvalue weighted by atomic mass is 32.1. The molecule has 4 bridgehead atoms. The van der Waals surface area contributed by atoms with Gasteiger partial charge in [0.15, 0.2) is 10.2 Å². The minimum atomic E-state index is -0.0205. The van der Waals surface area contributed by atoms with Crippen molar-refractivity contribution in [1.82, 2.24) is 10.3 Å². The van der Waals surface area contributed by atoms with E-state index in [9.17, 15) is 9.59 Å². The van der Waals surface area contributed by atoms with Crippen molar-refractivity contribution in [3.8, 4) is 0 Å². The average Bonchev–Trinajstić information content (AvgIpc) is 3.07. The Balaban J connectivity index is 1.17. The molecule has 6 rings (SSSR count). The molecular formula is C24H30N4O2S2. The Morgan fingerprint density at radius 1 is 1.09 bits per heavy atom. The van der Waals surface area contributed by atoms with Crippen LogP contribution in [-0.2, 0) is 9.59 Å². The smallest absolute Gasteiger partial charge is 0.226 e. The molecule has 6 nitrogen and oxygen atoms in total. The fourth-order valence-electron chi connectivity index (χ4n) is 6.64. The average molecular weight is 471 g/mol. The molecule has 3 N–H and O–H groups in total. The first-order valence-corrected chi connectivity index (χ1v) is 12.9. The quantitative estimate of drug-likeness (QED) is 0.489. The molecule has 0 spiro atoms. The van der Waals surface area contributed by atoms with Gasteiger partial charge in [-0.3, -0.25) is 9.59 Å². The number of thiazole rings is 1. The van der Waals surface area contributed by atoms with E-state index >= 15 is 0 Å². The number of hydrogen-bond acceptors (Lipinski definition) is 5. The molecular weight excluding hydrogens is 440 g/mol. The molecule has 2 aromatic rings. The molecule has 0 atom stereocenters. The number of nitrogens with one attached hydrogen (secondary N) is 3. The summed E-state index contributed by atoms with van der Waals surface area (Å²) in [6, 6.07) is 5.72. The second-order valence-corrected chi connectivity index (χ2v) is 11.5. The van der Waals surface area contributed by atoms with E-state index in [2.05, 4.69) is 20.9 Å². The molecule has 4 fully saturated rings. The monoisotopic (exact) mass is 470 g/mol. The molecule has 4 aliphatic rings. The van der Waals surface area contributed by atoms with Gasteiger partial charge in [0.05, 0.1) is 10.2 Å². The largest absolute Gasteiger partial charge is 0.332 e. The van der Waals surface area contributed by atoms with Crippen LogP contribution < -0.4 is 16.0 Å². The Morgan fingerprint density at radius 3 is 2.44 bits per heavy atom. The number of carbonyl (C=O) groups excluding carboxylic acids is 2. The van der Waals surface area contributed by atoms with Crippen molar-refractivity contribution in [3.63, 3.8) is 0 Å². The van der Waals surface area contributed by atoms with Gasteiger partial charge in [-0.25, -0.2) is 4.98 Å². The molecule has 2 amide bonds. The predicted octanol–water partition coefficient (Wildman–Crippen LogP) is 5.45. The molecule has 1 heterocycles. The summed E-state index contributed by atoms with van der Waals surface area (Å²) in [6.45, 7) is 1.97. The zero-order valence-electron chi connectivity index (χ0n) is 18.4. The lowest BCUT2D eigenvalue weighted by Crippen LogP contribution is -2.48. The van der Waals surface area contributed by atoms with Crippen LogP contribution in [0.5, 0.6) is 0 Å². The zero-order valence-corrected chi connectivity index (χ0v) is 20.0. The van der Waals surface area contributed by atoms with Crippen LogP contribution >= 0.6 is 23.6 Å². The summed E-state index contributed by atoms with van der Waals surface area (Å²) < 4.78 is 0.949. The molecule has 170 valence electrons. The lowest BCUT2D eigenvalue weighted by atomic mass is 9.49. The number of thiocarbonyl (C=S) groups is 1. The minimum Gasteiger partial charge on any atom is -0.332 e. The third kappa shape index (κ3) is 4.66. The van der Waals surface area contributed by atoms with Crippen molar-refractivity contribution in [2.75, 3.05) is 10.6 Å². The molecule has 4 aliphatic carbocycles. The number of hydrogen-bond donors (Lipinski definition) is 3. The second-order valence-electron chi connectivity index (χ2n) is 10.1. The number of aromatic nitrogens is 1. The van der Waals surface area contributed by atoms with Gasteiger partial charge < -0.3 is 16.0 Å². The first kappa shape index (κ1) is 21.8. The second kappa shape index (κ2) is 8.71. The first-order chi connectivity index (χ1) is 15.4. The van der Waals surface area contributed by atoms with Crippen LogP contribution in [0.3, 0.4) is 0 Å². The minimum absolute atomic E-state index is 0.0205. The number of nitrogens with zero attached hydrogens (tertiary/aromatic N) is 1. The van der Waals surface area contributed by atoms with Gasteiger partial charge in [0.2, 0.25) is 11.8 Å². The SMILES string of the molecule is CCCC(=O)Nc1nc2ccc(NC(=S)NC(=O)CC34CC5CC(CC(C5)C3)C4)cc2s1. The fourth-order valence-corrected chi connectivity index (χ4v) is 7.80. The molecule has 1 aromatic carbocycles. The highest BCUT2D eigenvalue weighted by Gasteiger charge is 2.51. The summed E-state index contributed by atoms with van der Waals surface area (Å²) >= 11 is 6.85. The van der Waals surface area contributed by atoms with Crippen LogP contribution in [0.15, 0.2) is 18.2 Å². The first-order valence-electron chi connectivity index (χ1n) is 11.7. The summed E-state index contributed by atoms with van der Waals surface area (Å²) in [4.78, 5) is 29.1. The van der Waals surface area contributed by atoms with Gasteiger partial charge in [0.1, 0.15) is 0 Å². The van der Waals surface area contributed by atoms with Gasteiger partial charge in [0, 0.05) is 18.5 Å². The topological polar surface area (TPSA) is 83.1 Å². The van der Waals surface area contributed by atoms with Crippen LogP contribution in [0.4, 0.5) is 10.8 Å². The Bertz CT molecular complexity index is 1030. The van der Waals surface area contributed by atoms with Crippen LogP contribution in [0.1, 0.15) is 64.7 Å². The number of fused-ring (bicyclic) bond motifs is 1. The van der Waals surface area contributed by atoms with Crippen molar-refractivity contribution in [2.45, 2.75) is 64.7 Å². The zero-order chi connectivity index (χ0) is 22.3. The third-order valence-corrected chi connectivity index (χ3v) is 8.46. The molecule has 0 radical (unpaired) electrons. The third-order valence-electron chi connectivity index (χ3n) is 7.32. The lowest BCUT2D eigenvalue weighted by Gasteiger charge is -2.56. The summed E-state index contributed by atoms with van der Waals surface area (Å²) in [5.74, 6) is 2.52. The summed E-state index contributed by atoms with van der Waals surface area (Å²) in [7, 11) is 0. The molecule has 8 heteroatoms. The summed E-state index contributed by atoms with van der Waals surface area (Å²) in [5.41, 5.74) is 1.83. The van der Waals surface area contributed by atoms with Gasteiger partial charge >= 0.3 is 0 Å². The van der Waals surface area contributed by atoms with E-state index in [0.717, 1.165) is 40.1 Å². The van der Waals surface area contributed by atoms with E-state index in [4.69, 9.17) is 12.2 Å². The van der Waals surface area contributed by atoms with Gasteiger partial charge in [-0.1, -0.05) is 18.3 Å². The maximum absolute atomic E-state index is 12.8. The van der Waals surface area contributed by atoms with Gasteiger partial charge in [0.25, 0.3) is 0 Å². The number of anilines is 2. The van der Waals surface area contributed by atoms with Gasteiger partial charge in [-0.2, -0.15) is 0 Å². The maximum atomic E-state index is 12.8. The Morgan fingerprint density at radius 2 is 1.78 bits per heavy atom. The van der Waals surface area contributed by atoms with E-state index in [0.29, 0.717) is 23.1 Å². The highest BCUT2D eigenvalue weighted by molar-refractivity contribution is 7.80. The molecule has 0 saturated heterocycles.